The van der Waals surface area contributed by atoms with E-state index in [1.165, 1.54) is 6.08 Å². The van der Waals surface area contributed by atoms with Crippen LogP contribution in [0.5, 0.6) is 0 Å². The third-order valence-corrected chi connectivity index (χ3v) is 11.4. The van der Waals surface area contributed by atoms with Crippen LogP contribution in [-0.4, -0.2) is 85.4 Å². The van der Waals surface area contributed by atoms with Crippen molar-refractivity contribution in [2.24, 2.45) is 17.3 Å². The van der Waals surface area contributed by atoms with Crippen LogP contribution >= 0.6 is 27.7 Å². The van der Waals surface area contributed by atoms with Gasteiger partial charge in [-0.2, -0.15) is 0 Å². The number of esters is 1. The van der Waals surface area contributed by atoms with E-state index >= 15 is 0 Å². The molecule has 9 heteroatoms. The topological polar surface area (TPSA) is 87.2 Å². The molecule has 0 aromatic carbocycles. The maximum atomic E-state index is 14.7. The number of carbonyl (C=O) groups is 3. The average Bonchev–Trinajstić information content (AvgIpc) is 3.42. The standard InChI is InChI=1S/C30H47BrN2O5S/c1-8-14-33(29(6,7)19-28(3,4)5)26(36)24-30-18-20(31)23(39-30)21(27(37)38-17-9-2)22(30)25(35)32(24)15-12-10-11-13-16-34/h8-9,20-24,34H,1-2,10-19H2,3-7H3/t20?,21-,22+,23-,24?,30?/m1/s1. The second kappa shape index (κ2) is 12.7. The van der Waals surface area contributed by atoms with Crippen LogP contribution in [0.15, 0.2) is 25.3 Å². The van der Waals surface area contributed by atoms with Gasteiger partial charge in [0.1, 0.15) is 12.6 Å². The van der Waals surface area contributed by atoms with Gasteiger partial charge >= 0.3 is 5.97 Å². The van der Waals surface area contributed by atoms with Crippen LogP contribution < -0.4 is 0 Å². The molecule has 3 unspecified atom stereocenters. The number of hydrogen-bond donors (Lipinski definition) is 1. The predicted octanol–water partition coefficient (Wildman–Crippen LogP) is 4.96. The first kappa shape index (κ1) is 32.2. The average molecular weight is 628 g/mol. The summed E-state index contributed by atoms with van der Waals surface area (Å²) < 4.78 is 4.79. The van der Waals surface area contributed by atoms with Crippen molar-refractivity contribution in [3.05, 3.63) is 25.3 Å². The fourth-order valence-electron chi connectivity index (χ4n) is 7.21. The van der Waals surface area contributed by atoms with Crippen LogP contribution in [0.4, 0.5) is 0 Å². The van der Waals surface area contributed by atoms with Gasteiger partial charge in [-0.3, -0.25) is 14.4 Å². The highest BCUT2D eigenvalue weighted by Gasteiger charge is 2.76. The molecule has 3 aliphatic heterocycles. The van der Waals surface area contributed by atoms with Crippen molar-refractivity contribution in [2.45, 2.75) is 99.5 Å². The molecule has 220 valence electrons. The Morgan fingerprint density at radius 1 is 1.18 bits per heavy atom. The first-order chi connectivity index (χ1) is 18.3. The molecule has 39 heavy (non-hydrogen) atoms. The number of alkyl halides is 1. The number of aliphatic hydroxyl groups excluding tert-OH is 1. The summed E-state index contributed by atoms with van der Waals surface area (Å²) in [6.07, 6.45) is 7.90. The molecule has 3 fully saturated rings. The van der Waals surface area contributed by atoms with Gasteiger partial charge in [0.15, 0.2) is 0 Å². The lowest BCUT2D eigenvalue weighted by molar-refractivity contribution is -0.153. The highest BCUT2D eigenvalue weighted by Crippen LogP contribution is 2.68. The molecule has 7 nitrogen and oxygen atoms in total. The number of thioether (sulfide) groups is 1. The van der Waals surface area contributed by atoms with Gasteiger partial charge in [0, 0.05) is 35.3 Å². The minimum Gasteiger partial charge on any atom is -0.461 e. The fourth-order valence-corrected chi connectivity index (χ4v) is 10.8. The smallest absolute Gasteiger partial charge is 0.311 e. The van der Waals surface area contributed by atoms with Gasteiger partial charge < -0.3 is 19.6 Å². The second-order valence-corrected chi connectivity index (χ2v) is 15.8. The lowest BCUT2D eigenvalue weighted by Gasteiger charge is -2.46. The Morgan fingerprint density at radius 3 is 2.44 bits per heavy atom. The number of fused-ring (bicyclic) bond motifs is 1. The van der Waals surface area contributed by atoms with Gasteiger partial charge in [-0.15, -0.1) is 18.3 Å². The van der Waals surface area contributed by atoms with Gasteiger partial charge in [0.25, 0.3) is 0 Å². The number of hydrogen-bond acceptors (Lipinski definition) is 6. The van der Waals surface area contributed by atoms with Crippen molar-refractivity contribution < 1.29 is 24.2 Å². The minimum absolute atomic E-state index is 0.00285. The van der Waals surface area contributed by atoms with Crippen molar-refractivity contribution in [3.63, 3.8) is 0 Å². The number of halogens is 1. The van der Waals surface area contributed by atoms with Crippen LogP contribution in [0.3, 0.4) is 0 Å². The summed E-state index contributed by atoms with van der Waals surface area (Å²) in [7, 11) is 0. The summed E-state index contributed by atoms with van der Waals surface area (Å²) >= 11 is 5.44. The molecule has 3 heterocycles. The van der Waals surface area contributed by atoms with Crippen LogP contribution in [-0.2, 0) is 19.1 Å². The van der Waals surface area contributed by atoms with E-state index < -0.39 is 28.2 Å². The zero-order valence-electron chi connectivity index (χ0n) is 24.3. The molecule has 6 atom stereocenters. The molecule has 0 aromatic heterocycles. The normalized spacial score (nSPS) is 29.9. The summed E-state index contributed by atoms with van der Waals surface area (Å²) in [5.41, 5.74) is -0.477. The number of amides is 2. The van der Waals surface area contributed by atoms with E-state index in [-0.39, 0.29) is 46.5 Å². The Bertz CT molecular complexity index is 950. The van der Waals surface area contributed by atoms with E-state index in [4.69, 9.17) is 9.84 Å². The summed E-state index contributed by atoms with van der Waals surface area (Å²) in [6.45, 7) is 19.4. The summed E-state index contributed by atoms with van der Waals surface area (Å²) in [5, 5.41) is 9.04. The van der Waals surface area contributed by atoms with E-state index in [1.54, 1.807) is 22.7 Å². The van der Waals surface area contributed by atoms with Gasteiger partial charge in [0.2, 0.25) is 11.8 Å². The lowest BCUT2D eigenvalue weighted by atomic mass is 9.70. The van der Waals surface area contributed by atoms with Gasteiger partial charge in [0.05, 0.1) is 16.6 Å². The van der Waals surface area contributed by atoms with Gasteiger partial charge in [-0.1, -0.05) is 68.3 Å². The third kappa shape index (κ3) is 6.45. The van der Waals surface area contributed by atoms with Crippen LogP contribution in [0, 0.1) is 17.3 Å². The second-order valence-electron chi connectivity index (χ2n) is 13.0. The van der Waals surface area contributed by atoms with Crippen LogP contribution in [0.25, 0.3) is 0 Å². The fraction of sp³-hybridized carbons (Fsp3) is 0.767. The predicted molar refractivity (Wildman–Crippen MR) is 161 cm³/mol. The molecule has 0 radical (unpaired) electrons. The summed E-state index contributed by atoms with van der Waals surface area (Å²) in [4.78, 5) is 45.9. The number of likely N-dealkylation sites (tertiary alicyclic amines) is 1. The maximum absolute atomic E-state index is 14.7. The number of nitrogens with zero attached hydrogens (tertiary/aromatic N) is 2. The SMILES string of the molecule is C=CCOC(=O)[C@H]1[C@@H]2SC3(CC2Br)C(C(=O)N(CC=C)C(C)(C)CC(C)(C)C)N(CCCCCCO)C(=O)[C@H]13. The molecular formula is C30H47BrN2O5S. The van der Waals surface area contributed by atoms with Crippen molar-refractivity contribution in [1.29, 1.82) is 0 Å². The van der Waals surface area contributed by atoms with Crippen molar-refractivity contribution in [3.8, 4) is 0 Å². The van der Waals surface area contributed by atoms with E-state index in [9.17, 15) is 14.4 Å². The minimum atomic E-state index is -0.701. The molecule has 2 amide bonds. The van der Waals surface area contributed by atoms with E-state index in [0.717, 1.165) is 32.1 Å². The van der Waals surface area contributed by atoms with Crippen molar-refractivity contribution in [2.75, 3.05) is 26.3 Å². The highest BCUT2D eigenvalue weighted by molar-refractivity contribution is 9.09. The Balaban J connectivity index is 2.03. The van der Waals surface area contributed by atoms with Crippen molar-refractivity contribution in [1.82, 2.24) is 9.80 Å². The Morgan fingerprint density at radius 2 is 1.85 bits per heavy atom. The van der Waals surface area contributed by atoms with Crippen LogP contribution in [0.2, 0.25) is 0 Å². The number of unbranched alkanes of at least 4 members (excludes halogenated alkanes) is 3. The first-order valence-electron chi connectivity index (χ1n) is 14.2. The number of ether oxygens (including phenoxy) is 1. The highest BCUT2D eigenvalue weighted by atomic mass is 79.9. The van der Waals surface area contributed by atoms with E-state index in [1.807, 2.05) is 4.90 Å². The van der Waals surface area contributed by atoms with E-state index in [2.05, 4.69) is 63.7 Å². The molecule has 3 saturated heterocycles. The zero-order chi connectivity index (χ0) is 29.2. The quantitative estimate of drug-likeness (QED) is 0.127. The molecule has 2 bridgehead atoms. The third-order valence-electron chi connectivity index (χ3n) is 8.22. The Labute approximate surface area is 247 Å². The lowest BCUT2D eigenvalue weighted by Crippen LogP contribution is -2.60. The van der Waals surface area contributed by atoms with Crippen LogP contribution in [0.1, 0.15) is 73.1 Å². The zero-order valence-corrected chi connectivity index (χ0v) is 26.7. The van der Waals surface area contributed by atoms with E-state index in [0.29, 0.717) is 19.5 Å². The summed E-state index contributed by atoms with van der Waals surface area (Å²) in [6, 6.07) is -0.667. The van der Waals surface area contributed by atoms with Gasteiger partial charge in [-0.05, 0) is 44.9 Å². The number of carbonyl (C=O) groups excluding carboxylic acids is 3. The van der Waals surface area contributed by atoms with Crippen molar-refractivity contribution >= 4 is 45.5 Å². The largest absolute Gasteiger partial charge is 0.461 e. The molecule has 0 aliphatic carbocycles. The first-order valence-corrected chi connectivity index (χ1v) is 16.0. The number of rotatable bonds is 14. The monoisotopic (exact) mass is 626 g/mol. The molecule has 3 rings (SSSR count). The molecule has 1 spiro atoms. The molecule has 0 saturated carbocycles. The van der Waals surface area contributed by atoms with Gasteiger partial charge in [-0.25, -0.2) is 0 Å². The molecule has 3 aliphatic rings. The Kier molecular flexibility index (Phi) is 10.5. The summed E-state index contributed by atoms with van der Waals surface area (Å²) in [5.74, 6) is -1.77. The molecule has 0 aromatic rings. The Hall–Kier alpha value is -1.32. The number of aliphatic hydroxyl groups is 1. The molecule has 1 N–H and O–H groups in total. The molecular weight excluding hydrogens is 580 g/mol. The maximum Gasteiger partial charge on any atom is 0.311 e.